The number of hydrogen-bond donors (Lipinski definition) is 0. The third-order valence-electron chi connectivity index (χ3n) is 3.92. The summed E-state index contributed by atoms with van der Waals surface area (Å²) in [6, 6.07) is 21.2. The van der Waals surface area contributed by atoms with Crippen molar-refractivity contribution in [3.05, 3.63) is 90.4 Å². The van der Waals surface area contributed by atoms with E-state index in [0.717, 1.165) is 22.7 Å². The molecule has 1 amide bonds. The number of thioether (sulfide) groups is 1. The number of furan rings is 1. The second-order valence-corrected chi connectivity index (χ2v) is 6.61. The Bertz CT molecular complexity index is 963. The predicted octanol–water partition coefficient (Wildman–Crippen LogP) is 5.26. The van der Waals surface area contributed by atoms with Crippen LogP contribution in [0.4, 0.5) is 11.4 Å². The number of carbonyl (C=O) groups excluding carboxylic acids is 1. The van der Waals surface area contributed by atoms with Crippen LogP contribution >= 0.6 is 11.8 Å². The number of carbonyl (C=O) groups is 1. The predicted molar refractivity (Wildman–Crippen MR) is 107 cm³/mol. The van der Waals surface area contributed by atoms with Crippen molar-refractivity contribution in [3.63, 3.8) is 0 Å². The lowest BCUT2D eigenvalue weighted by Crippen LogP contribution is -2.36. The van der Waals surface area contributed by atoms with Gasteiger partial charge in [0.15, 0.2) is 5.17 Å². The highest BCUT2D eigenvalue weighted by atomic mass is 32.2. The lowest BCUT2D eigenvalue weighted by Gasteiger charge is -2.29. The molecule has 0 radical (unpaired) electrons. The normalized spacial score (nSPS) is 15.4. The van der Waals surface area contributed by atoms with Crippen LogP contribution in [0.15, 0.2) is 88.5 Å². The van der Waals surface area contributed by atoms with E-state index in [1.165, 1.54) is 6.08 Å². The van der Waals surface area contributed by atoms with Gasteiger partial charge in [0.05, 0.1) is 17.6 Å². The van der Waals surface area contributed by atoms with Crippen molar-refractivity contribution in [1.29, 1.82) is 0 Å². The number of fused-ring (bicyclic) bond motifs is 1. The fourth-order valence-corrected chi connectivity index (χ4v) is 3.70. The van der Waals surface area contributed by atoms with Crippen molar-refractivity contribution in [1.82, 2.24) is 0 Å². The van der Waals surface area contributed by atoms with E-state index in [4.69, 9.17) is 9.41 Å². The van der Waals surface area contributed by atoms with Crippen LogP contribution in [-0.4, -0.2) is 11.1 Å². The van der Waals surface area contributed by atoms with E-state index >= 15 is 0 Å². The van der Waals surface area contributed by atoms with E-state index in [1.807, 2.05) is 60.7 Å². The summed E-state index contributed by atoms with van der Waals surface area (Å²) in [5, 5.41) is 0.670. The number of amides is 1. The first kappa shape index (κ1) is 16.4. The molecule has 1 aliphatic rings. The van der Waals surface area contributed by atoms with Gasteiger partial charge < -0.3 is 4.42 Å². The Morgan fingerprint density at radius 1 is 1.04 bits per heavy atom. The van der Waals surface area contributed by atoms with Crippen LogP contribution in [0.2, 0.25) is 0 Å². The lowest BCUT2D eigenvalue weighted by atomic mass is 10.2. The highest BCUT2D eigenvalue weighted by Gasteiger charge is 2.27. The van der Waals surface area contributed by atoms with Gasteiger partial charge in [-0.05, 0) is 42.0 Å². The molecule has 0 aliphatic carbocycles. The molecule has 128 valence electrons. The van der Waals surface area contributed by atoms with Crippen LogP contribution in [0.3, 0.4) is 0 Å². The summed E-state index contributed by atoms with van der Waals surface area (Å²) in [6.45, 7) is 0. The summed E-state index contributed by atoms with van der Waals surface area (Å²) in [7, 11) is 0. The van der Waals surface area contributed by atoms with Gasteiger partial charge in [-0.1, -0.05) is 48.2 Å². The number of amidine groups is 1. The van der Waals surface area contributed by atoms with Crippen molar-refractivity contribution in [2.24, 2.45) is 4.99 Å². The molecule has 3 aromatic rings. The van der Waals surface area contributed by atoms with E-state index in [-0.39, 0.29) is 5.91 Å². The summed E-state index contributed by atoms with van der Waals surface area (Å²) in [4.78, 5) is 19.3. The first-order valence-electron chi connectivity index (χ1n) is 8.21. The molecule has 26 heavy (non-hydrogen) atoms. The first-order chi connectivity index (χ1) is 12.8. The standard InChI is InChI=1S/C21H16N2O2S/c24-20(13-12-18-10-6-14-25-18)23-19-11-5-4-7-16(19)15-26-21(23)22-17-8-2-1-3-9-17/h1-14H,15H2/b13-12+,22-21?. The molecule has 0 atom stereocenters. The molecule has 0 bridgehead atoms. The monoisotopic (exact) mass is 360 g/mol. The lowest BCUT2D eigenvalue weighted by molar-refractivity contribution is -0.113. The van der Waals surface area contributed by atoms with Crippen LogP contribution < -0.4 is 4.90 Å². The zero-order valence-electron chi connectivity index (χ0n) is 13.9. The van der Waals surface area contributed by atoms with Gasteiger partial charge in [-0.15, -0.1) is 0 Å². The average molecular weight is 360 g/mol. The van der Waals surface area contributed by atoms with E-state index in [2.05, 4.69) is 0 Å². The molecule has 2 heterocycles. The Hall–Kier alpha value is -3.05. The summed E-state index contributed by atoms with van der Waals surface area (Å²) in [5.74, 6) is 1.27. The van der Waals surface area contributed by atoms with Gasteiger partial charge in [-0.25, -0.2) is 4.99 Å². The number of anilines is 1. The molecule has 1 aromatic heterocycles. The van der Waals surface area contributed by atoms with Crippen molar-refractivity contribution < 1.29 is 9.21 Å². The number of rotatable bonds is 3. The molecule has 4 nitrogen and oxygen atoms in total. The molecule has 4 rings (SSSR count). The van der Waals surface area contributed by atoms with E-state index in [9.17, 15) is 4.79 Å². The van der Waals surface area contributed by atoms with Crippen LogP contribution in [0.25, 0.3) is 6.08 Å². The van der Waals surface area contributed by atoms with Gasteiger partial charge in [-0.2, -0.15) is 0 Å². The summed E-state index contributed by atoms with van der Waals surface area (Å²) < 4.78 is 5.27. The Morgan fingerprint density at radius 2 is 1.85 bits per heavy atom. The van der Waals surface area contributed by atoms with Crippen LogP contribution in [0.1, 0.15) is 11.3 Å². The molecule has 2 aromatic carbocycles. The molecule has 0 fully saturated rings. The largest absolute Gasteiger partial charge is 0.465 e. The highest BCUT2D eigenvalue weighted by Crippen LogP contribution is 2.35. The summed E-state index contributed by atoms with van der Waals surface area (Å²) in [5.41, 5.74) is 2.81. The van der Waals surface area contributed by atoms with Gasteiger partial charge in [0.1, 0.15) is 5.76 Å². The van der Waals surface area contributed by atoms with Crippen molar-refractivity contribution >= 4 is 40.3 Å². The fourth-order valence-electron chi connectivity index (χ4n) is 2.68. The zero-order valence-corrected chi connectivity index (χ0v) is 14.7. The number of aliphatic imine (C=N–C) groups is 1. The molecule has 0 saturated heterocycles. The number of benzene rings is 2. The second-order valence-electron chi connectivity index (χ2n) is 5.67. The third-order valence-corrected chi connectivity index (χ3v) is 4.90. The molecule has 0 saturated carbocycles. The van der Waals surface area contributed by atoms with E-state index in [1.54, 1.807) is 35.1 Å². The Morgan fingerprint density at radius 3 is 2.65 bits per heavy atom. The Balaban J connectivity index is 1.72. The number of para-hydroxylation sites is 2. The van der Waals surface area contributed by atoms with Crippen molar-refractivity contribution in [3.8, 4) is 0 Å². The van der Waals surface area contributed by atoms with Gasteiger partial charge in [0.2, 0.25) is 0 Å². The molecule has 0 unspecified atom stereocenters. The quantitative estimate of drug-likeness (QED) is 0.599. The van der Waals surface area contributed by atoms with Crippen molar-refractivity contribution in [2.75, 3.05) is 4.90 Å². The molecular formula is C21H16N2O2S. The zero-order chi connectivity index (χ0) is 17.8. The van der Waals surface area contributed by atoms with Crippen LogP contribution in [-0.2, 0) is 10.5 Å². The molecular weight excluding hydrogens is 344 g/mol. The maximum absolute atomic E-state index is 13.0. The topological polar surface area (TPSA) is 45.8 Å². The maximum atomic E-state index is 13.0. The number of nitrogens with zero attached hydrogens (tertiary/aromatic N) is 2. The van der Waals surface area contributed by atoms with Gasteiger partial charge >= 0.3 is 0 Å². The smallest absolute Gasteiger partial charge is 0.257 e. The van der Waals surface area contributed by atoms with Crippen molar-refractivity contribution in [2.45, 2.75) is 5.75 Å². The van der Waals surface area contributed by atoms with Crippen LogP contribution in [0, 0.1) is 0 Å². The van der Waals surface area contributed by atoms with E-state index < -0.39 is 0 Å². The van der Waals surface area contributed by atoms with Gasteiger partial charge in [-0.3, -0.25) is 9.69 Å². The summed E-state index contributed by atoms with van der Waals surface area (Å²) >= 11 is 1.56. The van der Waals surface area contributed by atoms with Crippen LogP contribution in [0.5, 0.6) is 0 Å². The van der Waals surface area contributed by atoms with E-state index in [0.29, 0.717) is 10.9 Å². The maximum Gasteiger partial charge on any atom is 0.257 e. The fraction of sp³-hybridized carbons (Fsp3) is 0.0476. The molecule has 1 aliphatic heterocycles. The Labute approximate surface area is 155 Å². The molecule has 0 N–H and O–H groups in total. The second kappa shape index (κ2) is 7.45. The van der Waals surface area contributed by atoms with Gasteiger partial charge in [0.25, 0.3) is 5.91 Å². The minimum Gasteiger partial charge on any atom is -0.465 e. The SMILES string of the molecule is O=C(/C=C/c1ccco1)N1C(=Nc2ccccc2)SCc2ccccc21. The summed E-state index contributed by atoms with van der Waals surface area (Å²) in [6.07, 6.45) is 4.77. The average Bonchev–Trinajstić information content (AvgIpc) is 3.20. The minimum atomic E-state index is -0.157. The number of hydrogen-bond acceptors (Lipinski definition) is 4. The molecule has 5 heteroatoms. The Kier molecular flexibility index (Phi) is 4.71. The highest BCUT2D eigenvalue weighted by molar-refractivity contribution is 8.13. The minimum absolute atomic E-state index is 0.157. The molecule has 0 spiro atoms. The van der Waals surface area contributed by atoms with Gasteiger partial charge in [0, 0.05) is 11.8 Å². The third kappa shape index (κ3) is 3.48. The first-order valence-corrected chi connectivity index (χ1v) is 9.20.